The SMILES string of the molecule is [Br-].[Br-].[NH3+]Cc1ccccc1.[NH4+]. The summed E-state index contributed by atoms with van der Waals surface area (Å²) < 4.78 is 0. The number of quaternary nitrogens is 2. The Labute approximate surface area is 88.3 Å². The van der Waals surface area contributed by atoms with Gasteiger partial charge in [0.25, 0.3) is 0 Å². The van der Waals surface area contributed by atoms with Crippen LogP contribution in [0.2, 0.25) is 0 Å². The molecule has 0 bridgehead atoms. The molecule has 2 nitrogen and oxygen atoms in total. The second-order valence-corrected chi connectivity index (χ2v) is 1.74. The van der Waals surface area contributed by atoms with Crippen molar-refractivity contribution >= 4 is 0 Å². The Balaban J connectivity index is -0.000000213. The van der Waals surface area contributed by atoms with E-state index in [4.69, 9.17) is 0 Å². The first-order valence-corrected chi connectivity index (χ1v) is 2.76. The third-order valence-electron chi connectivity index (χ3n) is 1.13. The summed E-state index contributed by atoms with van der Waals surface area (Å²) in [4.78, 5) is 0. The molecule has 7 N–H and O–H groups in total. The molecule has 66 valence electrons. The van der Waals surface area contributed by atoms with E-state index in [0.29, 0.717) is 0 Å². The molecule has 0 unspecified atom stereocenters. The maximum absolute atomic E-state index is 3.76. The largest absolute Gasteiger partial charge is 1.00 e. The maximum atomic E-state index is 3.76. The summed E-state index contributed by atoms with van der Waals surface area (Å²) in [7, 11) is 0. The average molecular weight is 286 g/mol. The van der Waals surface area contributed by atoms with Gasteiger partial charge in [0, 0.05) is 5.56 Å². The summed E-state index contributed by atoms with van der Waals surface area (Å²) in [6.07, 6.45) is 0. The summed E-state index contributed by atoms with van der Waals surface area (Å²) >= 11 is 0. The lowest BCUT2D eigenvalue weighted by Gasteiger charge is -1.87. The molecule has 1 rings (SSSR count). The molecule has 0 heterocycles. The second kappa shape index (κ2) is 10.1. The van der Waals surface area contributed by atoms with Crippen molar-refractivity contribution in [1.29, 1.82) is 0 Å². The van der Waals surface area contributed by atoms with E-state index >= 15 is 0 Å². The molecule has 0 fully saturated rings. The van der Waals surface area contributed by atoms with Gasteiger partial charge in [-0.05, 0) is 0 Å². The lowest BCUT2D eigenvalue weighted by atomic mass is 10.2. The van der Waals surface area contributed by atoms with Gasteiger partial charge in [0.05, 0.1) is 6.54 Å². The Bertz CT molecular complexity index is 156. The monoisotopic (exact) mass is 284 g/mol. The molecular formula is C7H14Br2N2. The fourth-order valence-corrected chi connectivity index (χ4v) is 0.645. The van der Waals surface area contributed by atoms with Crippen LogP contribution in [0, 0.1) is 0 Å². The van der Waals surface area contributed by atoms with Gasteiger partial charge in [-0.2, -0.15) is 0 Å². The van der Waals surface area contributed by atoms with E-state index in [1.165, 1.54) is 5.56 Å². The summed E-state index contributed by atoms with van der Waals surface area (Å²) in [5, 5.41) is 0. The van der Waals surface area contributed by atoms with Crippen LogP contribution in [0.1, 0.15) is 5.56 Å². The summed E-state index contributed by atoms with van der Waals surface area (Å²) in [6, 6.07) is 10.2. The van der Waals surface area contributed by atoms with Crippen molar-refractivity contribution in [2.45, 2.75) is 6.54 Å². The highest BCUT2D eigenvalue weighted by atomic mass is 79.9. The molecule has 4 heteroatoms. The van der Waals surface area contributed by atoms with Crippen LogP contribution in [0.25, 0.3) is 0 Å². The van der Waals surface area contributed by atoms with E-state index in [0.717, 1.165) is 6.54 Å². The highest BCUT2D eigenvalue weighted by molar-refractivity contribution is 5.12. The molecule has 0 radical (unpaired) electrons. The van der Waals surface area contributed by atoms with Crippen molar-refractivity contribution in [2.24, 2.45) is 0 Å². The molecule has 0 spiro atoms. The number of hydrogen-bond acceptors (Lipinski definition) is 0. The van der Waals surface area contributed by atoms with Crippen molar-refractivity contribution in [3.8, 4) is 0 Å². The average Bonchev–Trinajstić information content (AvgIpc) is 1.90. The molecule has 0 aromatic heterocycles. The first-order chi connectivity index (χ1) is 3.93. The van der Waals surface area contributed by atoms with Gasteiger partial charge in [-0.15, -0.1) is 0 Å². The topological polar surface area (TPSA) is 64.1 Å². The normalized spacial score (nSPS) is 6.64. The quantitative estimate of drug-likeness (QED) is 0.518. The Kier molecular flexibility index (Phi) is 15.8. The summed E-state index contributed by atoms with van der Waals surface area (Å²) in [6.45, 7) is 0.890. The second-order valence-electron chi connectivity index (χ2n) is 1.74. The molecule has 0 atom stereocenters. The predicted molar refractivity (Wildman–Crippen MR) is 39.0 cm³/mol. The van der Waals surface area contributed by atoms with Crippen LogP contribution in [0.3, 0.4) is 0 Å². The van der Waals surface area contributed by atoms with Gasteiger partial charge in [0.15, 0.2) is 0 Å². The van der Waals surface area contributed by atoms with Crippen LogP contribution < -0.4 is 45.8 Å². The van der Waals surface area contributed by atoms with Crippen molar-refractivity contribution in [1.82, 2.24) is 6.15 Å². The Morgan fingerprint density at radius 2 is 1.45 bits per heavy atom. The minimum absolute atomic E-state index is 0. The molecule has 0 saturated heterocycles. The van der Waals surface area contributed by atoms with E-state index in [2.05, 4.69) is 17.9 Å². The molecule has 0 saturated carbocycles. The number of hydrogen-bond donors (Lipinski definition) is 2. The molecule has 1 aromatic rings. The smallest absolute Gasteiger partial charge is 0.0997 e. The first-order valence-electron chi connectivity index (χ1n) is 2.76. The van der Waals surface area contributed by atoms with Gasteiger partial charge in [-0.3, -0.25) is 0 Å². The highest BCUT2D eigenvalue weighted by Gasteiger charge is 1.82. The standard InChI is InChI=1S/C7H9N.2BrH.H3N/c8-6-7-4-2-1-3-5-7;;;/h1-5H,6,8H2;2*1H;1H3. The van der Waals surface area contributed by atoms with Crippen LogP contribution in [0.15, 0.2) is 30.3 Å². The first kappa shape index (κ1) is 17.3. The number of rotatable bonds is 1. The lowest BCUT2D eigenvalue weighted by molar-refractivity contribution is -0.386. The molecule has 0 aliphatic rings. The van der Waals surface area contributed by atoms with Gasteiger partial charge in [-0.25, -0.2) is 0 Å². The van der Waals surface area contributed by atoms with Gasteiger partial charge < -0.3 is 45.8 Å². The highest BCUT2D eigenvalue weighted by Crippen LogP contribution is 1.93. The van der Waals surface area contributed by atoms with Crippen molar-refractivity contribution in [2.75, 3.05) is 0 Å². The van der Waals surface area contributed by atoms with E-state index < -0.39 is 0 Å². The zero-order chi connectivity index (χ0) is 5.82. The van der Waals surface area contributed by atoms with Crippen molar-refractivity contribution < 1.29 is 39.7 Å². The minimum Gasteiger partial charge on any atom is -1.00 e. The van der Waals surface area contributed by atoms with E-state index in [1.54, 1.807) is 0 Å². The zero-order valence-electron chi connectivity index (χ0n) is 6.56. The number of halogens is 2. The van der Waals surface area contributed by atoms with Crippen LogP contribution in [-0.4, -0.2) is 0 Å². The third kappa shape index (κ3) is 6.50. The van der Waals surface area contributed by atoms with Crippen molar-refractivity contribution in [3.05, 3.63) is 35.9 Å². The lowest BCUT2D eigenvalue weighted by Crippen LogP contribution is -3.00. The van der Waals surface area contributed by atoms with Crippen LogP contribution in [-0.2, 0) is 6.54 Å². The Morgan fingerprint density at radius 3 is 1.73 bits per heavy atom. The fraction of sp³-hybridized carbons (Fsp3) is 0.143. The molecule has 11 heavy (non-hydrogen) atoms. The predicted octanol–water partition coefficient (Wildman–Crippen LogP) is -5.19. The van der Waals surface area contributed by atoms with Crippen LogP contribution in [0.4, 0.5) is 0 Å². The Morgan fingerprint density at radius 1 is 1.00 bits per heavy atom. The fourth-order valence-electron chi connectivity index (χ4n) is 0.645. The van der Waals surface area contributed by atoms with Crippen molar-refractivity contribution in [3.63, 3.8) is 0 Å². The summed E-state index contributed by atoms with van der Waals surface area (Å²) in [5.41, 5.74) is 5.05. The van der Waals surface area contributed by atoms with E-state index in [-0.39, 0.29) is 40.1 Å². The van der Waals surface area contributed by atoms with E-state index in [9.17, 15) is 0 Å². The van der Waals surface area contributed by atoms with E-state index in [1.807, 2.05) is 18.2 Å². The Hall–Kier alpha value is 0.1000. The molecular weight excluding hydrogens is 272 g/mol. The molecule has 1 aromatic carbocycles. The van der Waals surface area contributed by atoms with Crippen LogP contribution >= 0.6 is 0 Å². The van der Waals surface area contributed by atoms with Crippen LogP contribution in [0.5, 0.6) is 0 Å². The van der Waals surface area contributed by atoms with Gasteiger partial charge in [0.1, 0.15) is 0 Å². The van der Waals surface area contributed by atoms with Gasteiger partial charge in [-0.1, -0.05) is 30.3 Å². The van der Waals surface area contributed by atoms with Gasteiger partial charge in [0.2, 0.25) is 0 Å². The molecule has 0 amide bonds. The summed E-state index contributed by atoms with van der Waals surface area (Å²) in [5.74, 6) is 0. The molecule has 0 aliphatic carbocycles. The zero-order valence-corrected chi connectivity index (χ0v) is 9.73. The molecule has 0 aliphatic heterocycles. The third-order valence-corrected chi connectivity index (χ3v) is 1.13. The minimum atomic E-state index is 0. The van der Waals surface area contributed by atoms with Gasteiger partial charge >= 0.3 is 0 Å². The maximum Gasteiger partial charge on any atom is 0.0997 e. The number of benzene rings is 1.